The Balaban J connectivity index is 1.94. The third kappa shape index (κ3) is 4.72. The number of hydrogen-bond donors (Lipinski definition) is 1. The number of amides is 1. The summed E-state index contributed by atoms with van der Waals surface area (Å²) in [6.07, 6.45) is -0.629. The topological polar surface area (TPSA) is 76.1 Å². The van der Waals surface area contributed by atoms with Crippen LogP contribution in [0.5, 0.6) is 5.75 Å². The maximum atomic E-state index is 14.5. The first-order chi connectivity index (χ1) is 11.4. The van der Waals surface area contributed by atoms with E-state index >= 15 is 0 Å². The highest BCUT2D eigenvalue weighted by molar-refractivity contribution is 6.32. The number of carboxylic acid groups (broad SMARTS) is 1. The van der Waals surface area contributed by atoms with Crippen molar-refractivity contribution in [3.05, 3.63) is 28.5 Å². The largest absolute Gasteiger partial charge is 0.488 e. The van der Waals surface area contributed by atoms with E-state index in [9.17, 15) is 18.4 Å². The number of likely N-dealkylation sites (tertiary alicyclic amines) is 1. The van der Waals surface area contributed by atoms with Crippen LogP contribution in [-0.2, 0) is 4.74 Å². The van der Waals surface area contributed by atoms with E-state index in [0.717, 1.165) is 12.1 Å². The number of rotatable bonds is 4. The van der Waals surface area contributed by atoms with Crippen LogP contribution in [0.2, 0.25) is 5.02 Å². The van der Waals surface area contributed by atoms with Crippen molar-refractivity contribution in [2.45, 2.75) is 32.0 Å². The summed E-state index contributed by atoms with van der Waals surface area (Å²) >= 11 is 5.83. The van der Waals surface area contributed by atoms with Gasteiger partial charge in [-0.2, -0.15) is 0 Å². The van der Waals surface area contributed by atoms with E-state index in [1.165, 1.54) is 4.90 Å². The minimum atomic E-state index is -1.82. The summed E-state index contributed by atoms with van der Waals surface area (Å²) in [6.45, 7) is 4.19. The molecule has 0 saturated carbocycles. The molecule has 138 valence electrons. The quantitative estimate of drug-likeness (QED) is 0.868. The van der Waals surface area contributed by atoms with Crippen LogP contribution in [0.3, 0.4) is 0 Å². The Labute approximate surface area is 148 Å². The molecule has 0 radical (unpaired) electrons. The van der Waals surface area contributed by atoms with Crippen LogP contribution in [0.15, 0.2) is 12.1 Å². The molecule has 1 amide bonds. The molecule has 1 aliphatic heterocycles. The molecule has 25 heavy (non-hydrogen) atoms. The SMILES string of the molecule is CC(C)(C)OC(=O)N1CC(F)(COc2cc(F)c(C(=O)O)cc2Cl)C1. The van der Waals surface area contributed by atoms with Crippen LogP contribution in [0.1, 0.15) is 31.1 Å². The van der Waals surface area contributed by atoms with Crippen LogP contribution in [0, 0.1) is 5.82 Å². The minimum Gasteiger partial charge on any atom is -0.488 e. The molecule has 2 rings (SSSR count). The minimum absolute atomic E-state index is 0.147. The molecule has 0 bridgehead atoms. The van der Waals surface area contributed by atoms with Crippen molar-refractivity contribution in [2.75, 3.05) is 19.7 Å². The van der Waals surface area contributed by atoms with Crippen LogP contribution in [0.4, 0.5) is 13.6 Å². The fourth-order valence-corrected chi connectivity index (χ4v) is 2.41. The summed E-state index contributed by atoms with van der Waals surface area (Å²) in [5, 5.41) is 8.65. The second-order valence-electron chi connectivity index (χ2n) is 6.84. The van der Waals surface area contributed by atoms with Gasteiger partial charge in [-0.3, -0.25) is 0 Å². The van der Waals surface area contributed by atoms with Gasteiger partial charge in [-0.1, -0.05) is 11.6 Å². The molecular formula is C16H18ClF2NO5. The maximum absolute atomic E-state index is 14.5. The van der Waals surface area contributed by atoms with Gasteiger partial charge in [-0.05, 0) is 26.8 Å². The molecule has 1 aromatic carbocycles. The first kappa shape index (κ1) is 19.2. The maximum Gasteiger partial charge on any atom is 0.410 e. The van der Waals surface area contributed by atoms with Crippen molar-refractivity contribution in [3.63, 3.8) is 0 Å². The summed E-state index contributed by atoms with van der Waals surface area (Å²) in [5.41, 5.74) is -3.10. The summed E-state index contributed by atoms with van der Waals surface area (Å²) in [6, 6.07) is 1.69. The zero-order valence-electron chi connectivity index (χ0n) is 13.9. The molecule has 1 saturated heterocycles. The predicted molar refractivity (Wildman–Crippen MR) is 85.5 cm³/mol. The number of carboxylic acids is 1. The Bertz CT molecular complexity index is 699. The molecule has 1 fully saturated rings. The molecule has 1 N–H and O–H groups in total. The van der Waals surface area contributed by atoms with E-state index in [-0.39, 0.29) is 23.9 Å². The van der Waals surface area contributed by atoms with Crippen LogP contribution in [-0.4, -0.2) is 53.0 Å². The van der Waals surface area contributed by atoms with Gasteiger partial charge in [0.05, 0.1) is 23.7 Å². The molecule has 1 aromatic rings. The average molecular weight is 378 g/mol. The van der Waals surface area contributed by atoms with Gasteiger partial charge in [0.1, 0.15) is 23.8 Å². The predicted octanol–water partition coefficient (Wildman–Crippen LogP) is 3.52. The fraction of sp³-hybridized carbons (Fsp3) is 0.500. The third-order valence-corrected chi connectivity index (χ3v) is 3.63. The number of carbonyl (C=O) groups is 2. The second kappa shape index (κ2) is 6.67. The molecule has 1 heterocycles. The zero-order valence-corrected chi connectivity index (χ0v) is 14.7. The van der Waals surface area contributed by atoms with Crippen LogP contribution in [0.25, 0.3) is 0 Å². The number of hydrogen-bond acceptors (Lipinski definition) is 4. The molecule has 6 nitrogen and oxygen atoms in total. The van der Waals surface area contributed by atoms with E-state index in [0.29, 0.717) is 0 Å². The van der Waals surface area contributed by atoms with E-state index in [1.54, 1.807) is 20.8 Å². The van der Waals surface area contributed by atoms with E-state index in [2.05, 4.69) is 0 Å². The highest BCUT2D eigenvalue weighted by atomic mass is 35.5. The molecule has 9 heteroatoms. The molecule has 0 aliphatic carbocycles. The lowest BCUT2D eigenvalue weighted by Crippen LogP contribution is -2.64. The first-order valence-electron chi connectivity index (χ1n) is 7.42. The van der Waals surface area contributed by atoms with Crippen molar-refractivity contribution in [3.8, 4) is 5.75 Å². The van der Waals surface area contributed by atoms with Crippen molar-refractivity contribution in [2.24, 2.45) is 0 Å². The van der Waals surface area contributed by atoms with Crippen molar-refractivity contribution < 1.29 is 33.0 Å². The van der Waals surface area contributed by atoms with Gasteiger partial charge in [0, 0.05) is 6.07 Å². The Hall–Kier alpha value is -2.09. The lowest BCUT2D eigenvalue weighted by Gasteiger charge is -2.43. The number of ether oxygens (including phenoxy) is 2. The number of benzene rings is 1. The molecule has 1 aliphatic rings. The van der Waals surface area contributed by atoms with Crippen molar-refractivity contribution in [1.29, 1.82) is 0 Å². The van der Waals surface area contributed by atoms with Crippen molar-refractivity contribution in [1.82, 2.24) is 4.90 Å². The fourth-order valence-electron chi connectivity index (χ4n) is 2.19. The lowest BCUT2D eigenvalue weighted by molar-refractivity contribution is -0.0685. The Morgan fingerprint density at radius 2 is 1.96 bits per heavy atom. The normalized spacial score (nSPS) is 16.2. The van der Waals surface area contributed by atoms with E-state index < -0.39 is 41.3 Å². The second-order valence-corrected chi connectivity index (χ2v) is 7.25. The number of aromatic carboxylic acids is 1. The first-order valence-corrected chi connectivity index (χ1v) is 7.80. The molecule has 0 spiro atoms. The Morgan fingerprint density at radius 3 is 2.48 bits per heavy atom. The standard InChI is InChI=1S/C16H18ClF2NO5/c1-15(2,3)25-14(23)20-6-16(19,7-20)8-24-12-5-11(18)9(13(21)22)4-10(12)17/h4-5H,6-8H2,1-3H3,(H,21,22). The number of halogens is 3. The van der Waals surface area contributed by atoms with Gasteiger partial charge in [0.2, 0.25) is 0 Å². The van der Waals surface area contributed by atoms with Gasteiger partial charge in [0.15, 0.2) is 5.67 Å². The monoisotopic (exact) mass is 377 g/mol. The number of nitrogens with zero attached hydrogens (tertiary/aromatic N) is 1. The average Bonchev–Trinajstić information content (AvgIpc) is 2.42. The van der Waals surface area contributed by atoms with E-state index in [1.807, 2.05) is 0 Å². The summed E-state index contributed by atoms with van der Waals surface area (Å²) in [7, 11) is 0. The lowest BCUT2D eigenvalue weighted by atomic mass is 9.98. The molecule has 0 atom stereocenters. The van der Waals surface area contributed by atoms with Gasteiger partial charge in [0.25, 0.3) is 0 Å². The molecule has 0 unspecified atom stereocenters. The summed E-state index contributed by atoms with van der Waals surface area (Å²) in [4.78, 5) is 23.8. The Kier molecular flexibility index (Phi) is 5.13. The van der Waals surface area contributed by atoms with Gasteiger partial charge in [-0.15, -0.1) is 0 Å². The van der Waals surface area contributed by atoms with Gasteiger partial charge >= 0.3 is 12.1 Å². The third-order valence-electron chi connectivity index (χ3n) is 3.34. The summed E-state index contributed by atoms with van der Waals surface area (Å²) in [5.74, 6) is -2.68. The van der Waals surface area contributed by atoms with Crippen molar-refractivity contribution >= 4 is 23.7 Å². The van der Waals surface area contributed by atoms with Crippen LogP contribution < -0.4 is 4.74 Å². The summed E-state index contributed by atoms with van der Waals surface area (Å²) < 4.78 is 38.4. The highest BCUT2D eigenvalue weighted by Crippen LogP contribution is 2.32. The highest BCUT2D eigenvalue weighted by Gasteiger charge is 2.48. The number of carbonyl (C=O) groups excluding carboxylic acids is 1. The van der Waals surface area contributed by atoms with Gasteiger partial charge in [-0.25, -0.2) is 18.4 Å². The van der Waals surface area contributed by atoms with Crippen LogP contribution >= 0.6 is 11.6 Å². The smallest absolute Gasteiger partial charge is 0.410 e. The molecular weight excluding hydrogens is 360 g/mol. The Morgan fingerprint density at radius 1 is 1.36 bits per heavy atom. The van der Waals surface area contributed by atoms with Gasteiger partial charge < -0.3 is 19.5 Å². The van der Waals surface area contributed by atoms with E-state index in [4.69, 9.17) is 26.2 Å². The zero-order chi connectivity index (χ0) is 19.0. The molecule has 0 aromatic heterocycles. The number of alkyl halides is 1.